The predicted molar refractivity (Wildman–Crippen MR) is 119 cm³/mol. The third kappa shape index (κ3) is 15.8. The van der Waals surface area contributed by atoms with Crippen LogP contribution in [0.15, 0.2) is 0 Å². The van der Waals surface area contributed by atoms with Gasteiger partial charge in [0.25, 0.3) is 0 Å². The molecule has 0 bridgehead atoms. The van der Waals surface area contributed by atoms with Crippen molar-refractivity contribution in [2.45, 2.75) is 98.5 Å². The lowest BCUT2D eigenvalue weighted by molar-refractivity contribution is -0.178. The summed E-state index contributed by atoms with van der Waals surface area (Å²) in [5.74, 6) is -1.03. The van der Waals surface area contributed by atoms with E-state index in [0.717, 1.165) is 19.3 Å². The lowest BCUT2D eigenvalue weighted by atomic mass is 9.95. The smallest absolute Gasteiger partial charge is 0.339 e. The van der Waals surface area contributed by atoms with Gasteiger partial charge in [-0.1, -0.05) is 41.5 Å². The number of carbonyl (C=O) groups excluding carboxylic acids is 3. The summed E-state index contributed by atoms with van der Waals surface area (Å²) in [6.45, 7) is 12.9. The SMILES string of the molecule is CC(C)CCCOC(=O)CC(O)(CC(=O)OCCCC(C)C)C(=O)OCCCC(C)C. The average molecular weight is 445 g/mol. The maximum atomic E-state index is 12.5. The van der Waals surface area contributed by atoms with Crippen LogP contribution in [0.5, 0.6) is 0 Å². The van der Waals surface area contributed by atoms with Gasteiger partial charge >= 0.3 is 17.9 Å². The molecule has 0 aromatic carbocycles. The quantitative estimate of drug-likeness (QED) is 0.201. The van der Waals surface area contributed by atoms with E-state index in [-0.39, 0.29) is 19.8 Å². The van der Waals surface area contributed by atoms with Crippen LogP contribution >= 0.6 is 0 Å². The minimum Gasteiger partial charge on any atom is -0.466 e. The largest absolute Gasteiger partial charge is 0.466 e. The first-order chi connectivity index (χ1) is 14.5. The molecule has 0 aliphatic heterocycles. The van der Waals surface area contributed by atoms with Crippen molar-refractivity contribution in [1.82, 2.24) is 0 Å². The second kappa shape index (κ2) is 16.1. The fourth-order valence-electron chi connectivity index (χ4n) is 2.93. The van der Waals surface area contributed by atoms with Crippen molar-refractivity contribution in [3.63, 3.8) is 0 Å². The summed E-state index contributed by atoms with van der Waals surface area (Å²) in [6, 6.07) is 0. The highest BCUT2D eigenvalue weighted by Gasteiger charge is 2.43. The van der Waals surface area contributed by atoms with Crippen LogP contribution < -0.4 is 0 Å². The first-order valence-corrected chi connectivity index (χ1v) is 11.7. The molecule has 0 rings (SSSR count). The summed E-state index contributed by atoms with van der Waals surface area (Å²) < 4.78 is 15.5. The first-order valence-electron chi connectivity index (χ1n) is 11.7. The van der Waals surface area contributed by atoms with Gasteiger partial charge in [0.05, 0.1) is 32.7 Å². The molecule has 0 radical (unpaired) electrons. The van der Waals surface area contributed by atoms with E-state index < -0.39 is 36.4 Å². The molecule has 0 heterocycles. The molecule has 0 aliphatic rings. The fourth-order valence-corrected chi connectivity index (χ4v) is 2.93. The van der Waals surface area contributed by atoms with Crippen molar-refractivity contribution in [1.29, 1.82) is 0 Å². The van der Waals surface area contributed by atoms with Gasteiger partial charge in [0, 0.05) is 0 Å². The zero-order valence-electron chi connectivity index (χ0n) is 20.4. The number of hydrogen-bond acceptors (Lipinski definition) is 7. The Hall–Kier alpha value is -1.63. The van der Waals surface area contributed by atoms with Gasteiger partial charge in [0.2, 0.25) is 0 Å². The predicted octanol–water partition coefficient (Wildman–Crippen LogP) is 4.44. The van der Waals surface area contributed by atoms with Crippen LogP contribution in [0.25, 0.3) is 0 Å². The molecule has 1 N–H and O–H groups in total. The zero-order valence-corrected chi connectivity index (χ0v) is 20.4. The third-order valence-electron chi connectivity index (χ3n) is 4.79. The van der Waals surface area contributed by atoms with Gasteiger partial charge < -0.3 is 19.3 Å². The molecular formula is C24H44O7. The Balaban J connectivity index is 4.83. The number of rotatable bonds is 17. The van der Waals surface area contributed by atoms with Crippen LogP contribution in [-0.2, 0) is 28.6 Å². The summed E-state index contributed by atoms with van der Waals surface area (Å²) in [6.07, 6.45) is 3.41. The van der Waals surface area contributed by atoms with E-state index in [0.29, 0.717) is 37.0 Å². The number of esters is 3. The van der Waals surface area contributed by atoms with Crippen molar-refractivity contribution in [3.05, 3.63) is 0 Å². The van der Waals surface area contributed by atoms with Crippen molar-refractivity contribution < 1.29 is 33.7 Å². The second-order valence-electron chi connectivity index (χ2n) is 9.57. The fraction of sp³-hybridized carbons (Fsp3) is 0.875. The molecule has 0 spiro atoms. The molecule has 0 aliphatic carbocycles. The molecule has 182 valence electrons. The monoisotopic (exact) mass is 444 g/mol. The number of aliphatic hydroxyl groups is 1. The van der Waals surface area contributed by atoms with Gasteiger partial charge in [0.15, 0.2) is 5.60 Å². The molecular weight excluding hydrogens is 400 g/mol. The molecule has 0 aromatic heterocycles. The molecule has 0 unspecified atom stereocenters. The lowest BCUT2D eigenvalue weighted by Crippen LogP contribution is -2.45. The van der Waals surface area contributed by atoms with E-state index in [1.165, 1.54) is 0 Å². The van der Waals surface area contributed by atoms with Gasteiger partial charge in [-0.3, -0.25) is 9.59 Å². The minimum atomic E-state index is -2.29. The number of carbonyl (C=O) groups is 3. The summed E-state index contributed by atoms with van der Waals surface area (Å²) in [4.78, 5) is 36.9. The van der Waals surface area contributed by atoms with E-state index in [4.69, 9.17) is 14.2 Å². The van der Waals surface area contributed by atoms with Crippen LogP contribution in [-0.4, -0.2) is 48.4 Å². The van der Waals surface area contributed by atoms with Crippen molar-refractivity contribution in [2.75, 3.05) is 19.8 Å². The zero-order chi connectivity index (χ0) is 23.9. The normalized spacial score (nSPS) is 11.8. The van der Waals surface area contributed by atoms with Crippen molar-refractivity contribution in [2.24, 2.45) is 17.8 Å². The average Bonchev–Trinajstić information content (AvgIpc) is 2.65. The molecule has 0 aromatic rings. The molecule has 0 saturated heterocycles. The van der Waals surface area contributed by atoms with Gasteiger partial charge in [-0.25, -0.2) is 4.79 Å². The molecule has 0 fully saturated rings. The van der Waals surface area contributed by atoms with Crippen molar-refractivity contribution in [3.8, 4) is 0 Å². The summed E-state index contributed by atoms with van der Waals surface area (Å²) in [5, 5.41) is 10.8. The molecule has 7 heteroatoms. The Bertz CT molecular complexity index is 496. The third-order valence-corrected chi connectivity index (χ3v) is 4.79. The van der Waals surface area contributed by atoms with Crippen LogP contribution in [0.4, 0.5) is 0 Å². The topological polar surface area (TPSA) is 99.1 Å². The molecule has 0 saturated carbocycles. The minimum absolute atomic E-state index is 0.117. The molecule has 31 heavy (non-hydrogen) atoms. The van der Waals surface area contributed by atoms with E-state index in [9.17, 15) is 19.5 Å². The van der Waals surface area contributed by atoms with Crippen molar-refractivity contribution >= 4 is 17.9 Å². The van der Waals surface area contributed by atoms with E-state index in [1.54, 1.807) is 0 Å². The molecule has 0 atom stereocenters. The summed E-state index contributed by atoms with van der Waals surface area (Å²) in [5.41, 5.74) is -2.29. The number of hydrogen-bond donors (Lipinski definition) is 1. The highest BCUT2D eigenvalue weighted by atomic mass is 16.6. The maximum Gasteiger partial charge on any atom is 0.339 e. The highest BCUT2D eigenvalue weighted by molar-refractivity contribution is 5.90. The van der Waals surface area contributed by atoms with E-state index in [1.807, 2.05) is 0 Å². The van der Waals surface area contributed by atoms with E-state index in [2.05, 4.69) is 41.5 Å². The van der Waals surface area contributed by atoms with Crippen LogP contribution in [0.2, 0.25) is 0 Å². The molecule has 0 amide bonds. The number of ether oxygens (including phenoxy) is 3. The van der Waals surface area contributed by atoms with Gasteiger partial charge in [-0.2, -0.15) is 0 Å². The first kappa shape index (κ1) is 29.4. The standard InChI is InChI=1S/C24H44O7/c1-18(2)10-7-13-29-21(25)16-24(28,23(27)31-15-9-12-20(5)6)17-22(26)30-14-8-11-19(3)4/h18-20,28H,7-17H2,1-6H3. The maximum absolute atomic E-state index is 12.5. The van der Waals surface area contributed by atoms with Gasteiger partial charge in [-0.05, 0) is 56.3 Å². The Kier molecular flexibility index (Phi) is 15.2. The van der Waals surface area contributed by atoms with Crippen LogP contribution in [0.3, 0.4) is 0 Å². The Morgan fingerprint density at radius 1 is 0.645 bits per heavy atom. The Morgan fingerprint density at radius 2 is 0.968 bits per heavy atom. The van der Waals surface area contributed by atoms with Crippen LogP contribution in [0.1, 0.15) is 92.9 Å². The Morgan fingerprint density at radius 3 is 1.29 bits per heavy atom. The summed E-state index contributed by atoms with van der Waals surface area (Å²) in [7, 11) is 0. The Labute approximate surface area is 188 Å². The summed E-state index contributed by atoms with van der Waals surface area (Å²) >= 11 is 0. The van der Waals surface area contributed by atoms with Gasteiger partial charge in [-0.15, -0.1) is 0 Å². The second-order valence-corrected chi connectivity index (χ2v) is 9.57. The molecule has 7 nitrogen and oxygen atoms in total. The lowest BCUT2D eigenvalue weighted by Gasteiger charge is -2.24. The highest BCUT2D eigenvalue weighted by Crippen LogP contribution is 2.21. The van der Waals surface area contributed by atoms with Crippen LogP contribution in [0, 0.1) is 17.8 Å². The van der Waals surface area contributed by atoms with Gasteiger partial charge in [0.1, 0.15) is 0 Å². The van der Waals surface area contributed by atoms with E-state index >= 15 is 0 Å².